The van der Waals surface area contributed by atoms with Gasteiger partial charge in [-0.05, 0) is 54.1 Å². The summed E-state index contributed by atoms with van der Waals surface area (Å²) in [5, 5.41) is 8.75. The highest BCUT2D eigenvalue weighted by Crippen LogP contribution is 2.20. The van der Waals surface area contributed by atoms with Crippen molar-refractivity contribution in [3.63, 3.8) is 0 Å². The molecule has 0 N–H and O–H groups in total. The van der Waals surface area contributed by atoms with E-state index in [0.29, 0.717) is 11.1 Å². The molecule has 1 aromatic rings. The van der Waals surface area contributed by atoms with Crippen molar-refractivity contribution in [2.75, 3.05) is 0 Å². The third-order valence-electron chi connectivity index (χ3n) is 1.89. The van der Waals surface area contributed by atoms with Gasteiger partial charge >= 0.3 is 0 Å². The lowest BCUT2D eigenvalue weighted by atomic mass is 10.0. The van der Waals surface area contributed by atoms with Crippen LogP contribution in [-0.2, 0) is 0 Å². The molecule has 0 aliphatic rings. The van der Waals surface area contributed by atoms with Crippen molar-refractivity contribution in [3.8, 4) is 6.07 Å². The number of carbonyl (C=O) groups is 1. The molecular formula is C10H8INO. The van der Waals surface area contributed by atoms with Crippen molar-refractivity contribution in [1.82, 2.24) is 0 Å². The highest BCUT2D eigenvalue weighted by Gasteiger charge is 2.11. The van der Waals surface area contributed by atoms with Gasteiger partial charge in [0.1, 0.15) is 0 Å². The van der Waals surface area contributed by atoms with Gasteiger partial charge in [0.25, 0.3) is 0 Å². The molecular weight excluding hydrogens is 277 g/mol. The topological polar surface area (TPSA) is 40.9 Å². The molecule has 66 valence electrons. The summed E-state index contributed by atoms with van der Waals surface area (Å²) in [6.07, 6.45) is 0. The molecule has 0 heterocycles. The first-order valence-corrected chi connectivity index (χ1v) is 4.86. The number of ketones is 1. The third kappa shape index (κ3) is 1.89. The van der Waals surface area contributed by atoms with Crippen LogP contribution in [0.5, 0.6) is 0 Å². The molecule has 2 nitrogen and oxygen atoms in total. The first kappa shape index (κ1) is 10.2. The van der Waals surface area contributed by atoms with Gasteiger partial charge in [0.05, 0.1) is 11.6 Å². The lowest BCUT2D eigenvalue weighted by Gasteiger charge is -2.05. The number of hydrogen-bond donors (Lipinski definition) is 0. The highest BCUT2D eigenvalue weighted by atomic mass is 127. The Bertz CT molecular complexity index is 404. The van der Waals surface area contributed by atoms with Crippen LogP contribution >= 0.6 is 22.6 Å². The molecule has 1 aromatic carbocycles. The standard InChI is InChI=1S/C10H8INO/c1-6-8(5-12)3-4-9(11)10(6)7(2)13/h3-4H,1-2H3. The van der Waals surface area contributed by atoms with Crippen LogP contribution < -0.4 is 0 Å². The van der Waals surface area contributed by atoms with Crippen molar-refractivity contribution < 1.29 is 4.79 Å². The third-order valence-corrected chi connectivity index (χ3v) is 2.79. The van der Waals surface area contributed by atoms with E-state index in [-0.39, 0.29) is 5.78 Å². The maximum absolute atomic E-state index is 11.2. The van der Waals surface area contributed by atoms with Gasteiger partial charge in [0, 0.05) is 9.13 Å². The van der Waals surface area contributed by atoms with E-state index in [4.69, 9.17) is 5.26 Å². The Morgan fingerprint density at radius 2 is 2.15 bits per heavy atom. The van der Waals surface area contributed by atoms with E-state index < -0.39 is 0 Å². The molecule has 0 spiro atoms. The fourth-order valence-electron chi connectivity index (χ4n) is 1.23. The molecule has 0 fully saturated rings. The monoisotopic (exact) mass is 285 g/mol. The Morgan fingerprint density at radius 1 is 1.54 bits per heavy atom. The number of nitrogens with zero attached hydrogens (tertiary/aromatic N) is 1. The lowest BCUT2D eigenvalue weighted by Crippen LogP contribution is -2.01. The van der Waals surface area contributed by atoms with Crippen LogP contribution in [0.1, 0.15) is 28.4 Å². The van der Waals surface area contributed by atoms with E-state index in [1.54, 1.807) is 19.1 Å². The Hall–Kier alpha value is -0.890. The van der Waals surface area contributed by atoms with Gasteiger partial charge in [-0.1, -0.05) is 0 Å². The number of Topliss-reactive ketones (excluding diaryl/α,β-unsaturated/α-hetero) is 1. The fourth-order valence-corrected chi connectivity index (χ4v) is 2.20. The first-order valence-electron chi connectivity index (χ1n) is 3.78. The summed E-state index contributed by atoms with van der Waals surface area (Å²) in [4.78, 5) is 11.2. The number of halogens is 1. The minimum absolute atomic E-state index is 0.0130. The largest absolute Gasteiger partial charge is 0.294 e. The maximum Gasteiger partial charge on any atom is 0.161 e. The number of nitriles is 1. The number of benzene rings is 1. The van der Waals surface area contributed by atoms with E-state index in [1.807, 2.05) is 0 Å². The van der Waals surface area contributed by atoms with Crippen molar-refractivity contribution in [1.29, 1.82) is 5.26 Å². The number of carbonyl (C=O) groups excluding carboxylic acids is 1. The lowest BCUT2D eigenvalue weighted by molar-refractivity contribution is 0.101. The molecule has 0 aliphatic carbocycles. The predicted molar refractivity (Wildman–Crippen MR) is 58.6 cm³/mol. The molecule has 0 saturated carbocycles. The van der Waals surface area contributed by atoms with Crippen molar-refractivity contribution in [2.24, 2.45) is 0 Å². The van der Waals surface area contributed by atoms with E-state index in [1.165, 1.54) is 6.92 Å². The van der Waals surface area contributed by atoms with Gasteiger partial charge in [-0.25, -0.2) is 0 Å². The molecule has 13 heavy (non-hydrogen) atoms. The zero-order valence-corrected chi connectivity index (χ0v) is 9.55. The second-order valence-corrected chi connectivity index (χ2v) is 3.93. The molecule has 1 rings (SSSR count). The molecule has 0 amide bonds. The van der Waals surface area contributed by atoms with Crippen LogP contribution in [0.4, 0.5) is 0 Å². The average Bonchev–Trinajstić information content (AvgIpc) is 2.04. The van der Waals surface area contributed by atoms with Gasteiger partial charge < -0.3 is 0 Å². The van der Waals surface area contributed by atoms with E-state index in [0.717, 1.165) is 9.13 Å². The summed E-state index contributed by atoms with van der Waals surface area (Å²) < 4.78 is 0.904. The van der Waals surface area contributed by atoms with Crippen molar-refractivity contribution in [2.45, 2.75) is 13.8 Å². The highest BCUT2D eigenvalue weighted by molar-refractivity contribution is 14.1. The van der Waals surface area contributed by atoms with Gasteiger partial charge in [-0.15, -0.1) is 0 Å². The number of hydrogen-bond acceptors (Lipinski definition) is 2. The fraction of sp³-hybridized carbons (Fsp3) is 0.200. The quantitative estimate of drug-likeness (QED) is 0.588. The van der Waals surface area contributed by atoms with Gasteiger partial charge in [-0.3, -0.25) is 4.79 Å². The van der Waals surface area contributed by atoms with Crippen LogP contribution in [-0.4, -0.2) is 5.78 Å². The van der Waals surface area contributed by atoms with Crippen molar-refractivity contribution >= 4 is 28.4 Å². The minimum atomic E-state index is 0.0130. The second kappa shape index (κ2) is 3.88. The molecule has 3 heteroatoms. The summed E-state index contributed by atoms with van der Waals surface area (Å²) in [5.41, 5.74) is 2.02. The maximum atomic E-state index is 11.2. The first-order chi connectivity index (χ1) is 6.07. The summed E-state index contributed by atoms with van der Waals surface area (Å²) in [6, 6.07) is 5.60. The second-order valence-electron chi connectivity index (χ2n) is 2.76. The van der Waals surface area contributed by atoms with Gasteiger partial charge in [0.2, 0.25) is 0 Å². The summed E-state index contributed by atoms with van der Waals surface area (Å²) in [5.74, 6) is 0.0130. The van der Waals surface area contributed by atoms with Crippen LogP contribution in [0.15, 0.2) is 12.1 Å². The molecule has 0 atom stereocenters. The summed E-state index contributed by atoms with van der Waals surface area (Å²) in [7, 11) is 0. The minimum Gasteiger partial charge on any atom is -0.294 e. The summed E-state index contributed by atoms with van der Waals surface area (Å²) in [6.45, 7) is 3.32. The van der Waals surface area contributed by atoms with E-state index in [9.17, 15) is 4.79 Å². The van der Waals surface area contributed by atoms with E-state index in [2.05, 4.69) is 28.7 Å². The average molecular weight is 285 g/mol. The normalized spacial score (nSPS) is 9.38. The van der Waals surface area contributed by atoms with Crippen molar-refractivity contribution in [3.05, 3.63) is 32.4 Å². The van der Waals surface area contributed by atoms with Crippen LogP contribution in [0.3, 0.4) is 0 Å². The molecule has 0 aliphatic heterocycles. The van der Waals surface area contributed by atoms with Crippen LogP contribution in [0.25, 0.3) is 0 Å². The van der Waals surface area contributed by atoms with Crippen LogP contribution in [0, 0.1) is 21.8 Å². The summed E-state index contributed by atoms with van der Waals surface area (Å²) >= 11 is 2.10. The zero-order chi connectivity index (χ0) is 10.0. The molecule has 0 unspecified atom stereocenters. The van der Waals surface area contributed by atoms with E-state index >= 15 is 0 Å². The molecule has 0 radical (unpaired) electrons. The molecule has 0 aromatic heterocycles. The predicted octanol–water partition coefficient (Wildman–Crippen LogP) is 2.67. The molecule has 0 bridgehead atoms. The van der Waals surface area contributed by atoms with Crippen LogP contribution in [0.2, 0.25) is 0 Å². The van der Waals surface area contributed by atoms with Gasteiger partial charge in [0.15, 0.2) is 5.78 Å². The Balaban J connectivity index is 3.50. The smallest absolute Gasteiger partial charge is 0.161 e. The number of rotatable bonds is 1. The SMILES string of the molecule is CC(=O)c1c(I)ccc(C#N)c1C. The molecule has 0 saturated heterocycles. The Morgan fingerprint density at radius 3 is 2.62 bits per heavy atom. The Labute approximate surface area is 90.7 Å². The van der Waals surface area contributed by atoms with Gasteiger partial charge in [-0.2, -0.15) is 5.26 Å². The zero-order valence-electron chi connectivity index (χ0n) is 7.39. The Kier molecular flexibility index (Phi) is 3.04.